The van der Waals surface area contributed by atoms with E-state index in [1.807, 2.05) is 6.07 Å². The average Bonchev–Trinajstić information content (AvgIpc) is 3.28. The van der Waals surface area contributed by atoms with Gasteiger partial charge in [0, 0.05) is 6.42 Å². The van der Waals surface area contributed by atoms with Crippen molar-refractivity contribution in [3.8, 4) is 5.75 Å². The van der Waals surface area contributed by atoms with Crippen molar-refractivity contribution in [3.05, 3.63) is 29.3 Å². The molecule has 138 valence electrons. The number of sulfone groups is 1. The average molecular weight is 365 g/mol. The predicted molar refractivity (Wildman–Crippen MR) is 97.6 cm³/mol. The van der Waals surface area contributed by atoms with Gasteiger partial charge < -0.3 is 10.1 Å². The van der Waals surface area contributed by atoms with Crippen molar-refractivity contribution in [2.24, 2.45) is 0 Å². The van der Waals surface area contributed by atoms with Crippen molar-refractivity contribution >= 4 is 15.7 Å². The maximum atomic E-state index is 12.1. The van der Waals surface area contributed by atoms with Gasteiger partial charge in [0.05, 0.1) is 17.5 Å². The van der Waals surface area contributed by atoms with Crippen molar-refractivity contribution in [2.45, 2.75) is 56.6 Å². The maximum Gasteiger partial charge on any atom is 0.221 e. The Morgan fingerprint density at radius 3 is 2.68 bits per heavy atom. The van der Waals surface area contributed by atoms with Crippen LogP contribution in [0.25, 0.3) is 0 Å². The van der Waals surface area contributed by atoms with Crippen LogP contribution in [0.3, 0.4) is 0 Å². The minimum absolute atomic E-state index is 0.0394. The van der Waals surface area contributed by atoms with Gasteiger partial charge in [-0.1, -0.05) is 18.9 Å². The summed E-state index contributed by atoms with van der Waals surface area (Å²) in [7, 11) is -3.13. The molecule has 1 saturated carbocycles. The molecular weight excluding hydrogens is 338 g/mol. The molecule has 2 aliphatic rings. The van der Waals surface area contributed by atoms with Gasteiger partial charge in [0.25, 0.3) is 0 Å². The van der Waals surface area contributed by atoms with Crippen molar-refractivity contribution in [1.29, 1.82) is 0 Å². The van der Waals surface area contributed by atoms with E-state index in [1.165, 1.54) is 17.5 Å². The number of benzene rings is 1. The molecule has 0 aliphatic heterocycles. The molecule has 1 fully saturated rings. The Morgan fingerprint density at radius 2 is 1.88 bits per heavy atom. The monoisotopic (exact) mass is 365 g/mol. The van der Waals surface area contributed by atoms with E-state index in [1.54, 1.807) is 0 Å². The molecule has 1 N–H and O–H groups in total. The molecule has 0 unspecified atom stereocenters. The quantitative estimate of drug-likeness (QED) is 0.718. The van der Waals surface area contributed by atoms with E-state index in [-0.39, 0.29) is 23.3 Å². The second-order valence-electron chi connectivity index (χ2n) is 7.01. The van der Waals surface area contributed by atoms with Crippen LogP contribution in [0.2, 0.25) is 0 Å². The van der Waals surface area contributed by atoms with Crippen LogP contribution in [0.5, 0.6) is 5.75 Å². The highest BCUT2D eigenvalue weighted by Crippen LogP contribution is 2.26. The first-order valence-electron chi connectivity index (χ1n) is 9.27. The van der Waals surface area contributed by atoms with Crippen molar-refractivity contribution in [2.75, 3.05) is 18.9 Å². The predicted octanol–water partition coefficient (Wildman–Crippen LogP) is 2.42. The van der Waals surface area contributed by atoms with Gasteiger partial charge in [-0.25, -0.2) is 8.42 Å². The SMILES string of the molecule is O=C(CCS(=O)(=O)C1CCCC1)NCCOc1ccc2c(c1)CCC2. The van der Waals surface area contributed by atoms with Crippen LogP contribution in [0.1, 0.15) is 49.7 Å². The van der Waals surface area contributed by atoms with Crippen LogP contribution >= 0.6 is 0 Å². The van der Waals surface area contributed by atoms with E-state index in [9.17, 15) is 13.2 Å². The number of hydrogen-bond donors (Lipinski definition) is 1. The van der Waals surface area contributed by atoms with Gasteiger partial charge in [0.1, 0.15) is 12.4 Å². The largest absolute Gasteiger partial charge is 0.492 e. The molecule has 0 heterocycles. The van der Waals surface area contributed by atoms with E-state index >= 15 is 0 Å². The first-order valence-corrected chi connectivity index (χ1v) is 11.0. The first kappa shape index (κ1) is 18.2. The number of ether oxygens (including phenoxy) is 1. The summed E-state index contributed by atoms with van der Waals surface area (Å²) in [5.41, 5.74) is 2.77. The van der Waals surface area contributed by atoms with Gasteiger partial charge in [0.15, 0.2) is 9.84 Å². The van der Waals surface area contributed by atoms with Crippen LogP contribution in [-0.2, 0) is 27.5 Å². The molecule has 0 atom stereocenters. The fourth-order valence-corrected chi connectivity index (χ4v) is 5.59. The van der Waals surface area contributed by atoms with Gasteiger partial charge in [-0.15, -0.1) is 0 Å². The van der Waals surface area contributed by atoms with Crippen LogP contribution in [0.15, 0.2) is 18.2 Å². The third kappa shape index (κ3) is 4.97. The van der Waals surface area contributed by atoms with Gasteiger partial charge in [0.2, 0.25) is 5.91 Å². The third-order valence-electron chi connectivity index (χ3n) is 5.19. The number of fused-ring (bicyclic) bond motifs is 1. The van der Waals surface area contributed by atoms with E-state index in [0.29, 0.717) is 13.2 Å². The molecule has 1 amide bonds. The summed E-state index contributed by atoms with van der Waals surface area (Å²) in [4.78, 5) is 11.8. The van der Waals surface area contributed by atoms with Crippen molar-refractivity contribution < 1.29 is 17.9 Å². The third-order valence-corrected chi connectivity index (χ3v) is 7.45. The summed E-state index contributed by atoms with van der Waals surface area (Å²) < 4.78 is 30.0. The lowest BCUT2D eigenvalue weighted by atomic mass is 10.1. The standard InChI is InChI=1S/C19H27NO4S/c21-19(10-13-25(22,23)18-6-1-2-7-18)20-11-12-24-17-9-8-15-4-3-5-16(15)14-17/h8-9,14,18H,1-7,10-13H2,(H,20,21). The minimum atomic E-state index is -3.13. The maximum absolute atomic E-state index is 12.1. The normalized spacial score (nSPS) is 17.4. The molecule has 0 aromatic heterocycles. The van der Waals surface area contributed by atoms with Crippen molar-refractivity contribution in [1.82, 2.24) is 5.32 Å². The van der Waals surface area contributed by atoms with Crippen LogP contribution < -0.4 is 10.1 Å². The molecule has 2 aliphatic carbocycles. The zero-order valence-corrected chi connectivity index (χ0v) is 15.4. The summed E-state index contributed by atoms with van der Waals surface area (Å²) in [5, 5.41) is 2.51. The Balaban J connectivity index is 1.34. The molecule has 25 heavy (non-hydrogen) atoms. The van der Waals surface area contributed by atoms with Crippen LogP contribution in [0.4, 0.5) is 0 Å². The number of amides is 1. The van der Waals surface area contributed by atoms with E-state index < -0.39 is 9.84 Å². The molecule has 6 heteroatoms. The van der Waals surface area contributed by atoms with E-state index in [4.69, 9.17) is 4.74 Å². The Bertz CT molecular complexity index is 708. The zero-order chi connectivity index (χ0) is 17.7. The fraction of sp³-hybridized carbons (Fsp3) is 0.632. The number of hydrogen-bond acceptors (Lipinski definition) is 4. The van der Waals surface area contributed by atoms with Crippen LogP contribution in [0, 0.1) is 0 Å². The molecular formula is C19H27NO4S. The molecule has 0 saturated heterocycles. The number of aryl methyl sites for hydroxylation is 2. The lowest BCUT2D eigenvalue weighted by molar-refractivity contribution is -0.120. The number of carbonyl (C=O) groups excluding carboxylic acids is 1. The van der Waals surface area contributed by atoms with Gasteiger partial charge in [-0.05, 0) is 55.4 Å². The number of carbonyl (C=O) groups is 1. The molecule has 0 spiro atoms. The highest BCUT2D eigenvalue weighted by molar-refractivity contribution is 7.92. The summed E-state index contributed by atoms with van der Waals surface area (Å²) >= 11 is 0. The molecule has 5 nitrogen and oxygen atoms in total. The Kier molecular flexibility index (Phi) is 5.99. The Labute approximate surface area is 150 Å². The Morgan fingerprint density at radius 1 is 1.12 bits per heavy atom. The summed E-state index contributed by atoms with van der Waals surface area (Å²) in [6.45, 7) is 0.777. The van der Waals surface area contributed by atoms with Crippen LogP contribution in [-0.4, -0.2) is 38.5 Å². The number of nitrogens with one attached hydrogen (secondary N) is 1. The molecule has 0 bridgehead atoms. The Hall–Kier alpha value is -1.56. The first-order chi connectivity index (χ1) is 12.0. The van der Waals surface area contributed by atoms with E-state index in [0.717, 1.165) is 44.3 Å². The molecule has 3 rings (SSSR count). The highest BCUT2D eigenvalue weighted by atomic mass is 32.2. The summed E-state index contributed by atoms with van der Waals surface area (Å²) in [6.07, 6.45) is 6.97. The fourth-order valence-electron chi connectivity index (χ4n) is 3.73. The smallest absolute Gasteiger partial charge is 0.221 e. The lowest BCUT2D eigenvalue weighted by Gasteiger charge is -2.11. The molecule has 0 radical (unpaired) electrons. The van der Waals surface area contributed by atoms with Gasteiger partial charge in [-0.3, -0.25) is 4.79 Å². The lowest BCUT2D eigenvalue weighted by Crippen LogP contribution is -2.31. The number of rotatable bonds is 8. The van der Waals surface area contributed by atoms with E-state index in [2.05, 4.69) is 17.4 Å². The van der Waals surface area contributed by atoms with Crippen molar-refractivity contribution in [3.63, 3.8) is 0 Å². The minimum Gasteiger partial charge on any atom is -0.492 e. The molecule has 1 aromatic carbocycles. The summed E-state index contributed by atoms with van der Waals surface area (Å²) in [6, 6.07) is 6.17. The second-order valence-corrected chi connectivity index (χ2v) is 9.41. The second kappa shape index (κ2) is 8.21. The molecule has 1 aromatic rings. The van der Waals surface area contributed by atoms with Gasteiger partial charge >= 0.3 is 0 Å². The summed E-state index contributed by atoms with van der Waals surface area (Å²) in [5.74, 6) is 0.563. The van der Waals surface area contributed by atoms with Gasteiger partial charge in [-0.2, -0.15) is 0 Å². The topological polar surface area (TPSA) is 72.5 Å². The zero-order valence-electron chi connectivity index (χ0n) is 14.6. The highest BCUT2D eigenvalue weighted by Gasteiger charge is 2.28.